The van der Waals surface area contributed by atoms with Gasteiger partial charge in [0.2, 0.25) is 0 Å². The minimum Gasteiger partial charge on any atom is -0.330 e. The molecule has 0 radical (unpaired) electrons. The molecule has 0 aliphatic rings. The Morgan fingerprint density at radius 1 is 1.27 bits per heavy atom. The molecular formula is C13H23NS. The monoisotopic (exact) mass is 225 g/mol. The first-order valence-electron chi connectivity index (χ1n) is 5.92. The number of rotatable bonds is 6. The summed E-state index contributed by atoms with van der Waals surface area (Å²) in [6.07, 6.45) is 3.57. The summed E-state index contributed by atoms with van der Waals surface area (Å²) in [5.74, 6) is 1.44. The van der Waals surface area contributed by atoms with Crippen LogP contribution in [0.2, 0.25) is 0 Å². The van der Waals surface area contributed by atoms with E-state index in [0.717, 1.165) is 18.9 Å². The van der Waals surface area contributed by atoms with Crippen LogP contribution >= 0.6 is 11.3 Å². The van der Waals surface area contributed by atoms with Crippen molar-refractivity contribution in [3.8, 4) is 0 Å². The molecule has 0 fully saturated rings. The molecule has 0 bridgehead atoms. The average Bonchev–Trinajstić information content (AvgIpc) is 2.61. The molecule has 2 heteroatoms. The van der Waals surface area contributed by atoms with Crippen molar-refractivity contribution in [3.63, 3.8) is 0 Å². The van der Waals surface area contributed by atoms with Gasteiger partial charge in [-0.05, 0) is 49.8 Å². The van der Waals surface area contributed by atoms with Crippen LogP contribution in [0.15, 0.2) is 12.1 Å². The molecule has 15 heavy (non-hydrogen) atoms. The van der Waals surface area contributed by atoms with Gasteiger partial charge in [-0.1, -0.05) is 20.8 Å². The van der Waals surface area contributed by atoms with Crippen molar-refractivity contribution in [2.75, 3.05) is 6.54 Å². The standard InChI is InChI=1S/C13H23NS/c1-10(2)9-12-6-7-13(15-12)11(3)5-4-8-14/h6-7,10-11H,4-5,8-9,14H2,1-3H3. The summed E-state index contributed by atoms with van der Waals surface area (Å²) in [6, 6.07) is 4.59. The van der Waals surface area contributed by atoms with Gasteiger partial charge in [-0.15, -0.1) is 11.3 Å². The topological polar surface area (TPSA) is 26.0 Å². The van der Waals surface area contributed by atoms with Gasteiger partial charge in [0, 0.05) is 9.75 Å². The summed E-state index contributed by atoms with van der Waals surface area (Å²) < 4.78 is 0. The fourth-order valence-electron chi connectivity index (χ4n) is 1.74. The van der Waals surface area contributed by atoms with Gasteiger partial charge in [0.15, 0.2) is 0 Å². The highest BCUT2D eigenvalue weighted by Crippen LogP contribution is 2.28. The maximum atomic E-state index is 5.53. The Bertz CT molecular complexity index is 278. The zero-order chi connectivity index (χ0) is 11.3. The maximum absolute atomic E-state index is 5.53. The summed E-state index contributed by atoms with van der Waals surface area (Å²) in [5, 5.41) is 0. The lowest BCUT2D eigenvalue weighted by Crippen LogP contribution is -2.00. The first-order valence-corrected chi connectivity index (χ1v) is 6.73. The molecule has 0 spiro atoms. The van der Waals surface area contributed by atoms with E-state index in [1.807, 2.05) is 11.3 Å². The second-order valence-corrected chi connectivity index (χ2v) is 5.93. The molecule has 0 amide bonds. The molecule has 1 heterocycles. The van der Waals surface area contributed by atoms with E-state index in [0.29, 0.717) is 5.92 Å². The smallest absolute Gasteiger partial charge is 0.00763 e. The van der Waals surface area contributed by atoms with Crippen LogP contribution in [0.4, 0.5) is 0 Å². The molecule has 1 aromatic heterocycles. The Hall–Kier alpha value is -0.340. The van der Waals surface area contributed by atoms with Crippen LogP contribution in [0.3, 0.4) is 0 Å². The summed E-state index contributed by atoms with van der Waals surface area (Å²) >= 11 is 1.98. The van der Waals surface area contributed by atoms with E-state index >= 15 is 0 Å². The molecule has 1 nitrogen and oxygen atoms in total. The molecule has 0 aliphatic heterocycles. The summed E-state index contributed by atoms with van der Waals surface area (Å²) in [5.41, 5.74) is 5.53. The van der Waals surface area contributed by atoms with Gasteiger partial charge in [0.05, 0.1) is 0 Å². The van der Waals surface area contributed by atoms with Crippen molar-refractivity contribution >= 4 is 11.3 Å². The predicted octanol–water partition coefficient (Wildman–Crippen LogP) is 3.79. The molecule has 2 N–H and O–H groups in total. The van der Waals surface area contributed by atoms with Gasteiger partial charge < -0.3 is 5.73 Å². The predicted molar refractivity (Wildman–Crippen MR) is 69.6 cm³/mol. The van der Waals surface area contributed by atoms with Crippen LogP contribution in [0.1, 0.15) is 49.3 Å². The fourth-order valence-corrected chi connectivity index (χ4v) is 3.05. The van der Waals surface area contributed by atoms with E-state index in [2.05, 4.69) is 32.9 Å². The van der Waals surface area contributed by atoms with Crippen molar-refractivity contribution in [1.29, 1.82) is 0 Å². The van der Waals surface area contributed by atoms with E-state index in [9.17, 15) is 0 Å². The van der Waals surface area contributed by atoms with Crippen LogP contribution < -0.4 is 5.73 Å². The third-order valence-corrected chi connectivity index (χ3v) is 3.96. The molecule has 1 rings (SSSR count). The molecular weight excluding hydrogens is 202 g/mol. The lowest BCUT2D eigenvalue weighted by molar-refractivity contribution is 0.649. The molecule has 1 unspecified atom stereocenters. The number of nitrogens with two attached hydrogens (primary N) is 1. The molecule has 1 aromatic rings. The van der Waals surface area contributed by atoms with Crippen LogP contribution in [0.5, 0.6) is 0 Å². The summed E-state index contributed by atoms with van der Waals surface area (Å²) in [4.78, 5) is 3.05. The van der Waals surface area contributed by atoms with Gasteiger partial charge in [0.25, 0.3) is 0 Å². The Morgan fingerprint density at radius 3 is 2.60 bits per heavy atom. The first kappa shape index (κ1) is 12.7. The van der Waals surface area contributed by atoms with Crippen LogP contribution in [-0.2, 0) is 6.42 Å². The zero-order valence-electron chi connectivity index (χ0n) is 10.1. The van der Waals surface area contributed by atoms with Crippen molar-refractivity contribution in [2.24, 2.45) is 11.7 Å². The zero-order valence-corrected chi connectivity index (χ0v) is 10.9. The van der Waals surface area contributed by atoms with Crippen molar-refractivity contribution in [1.82, 2.24) is 0 Å². The van der Waals surface area contributed by atoms with E-state index in [1.54, 1.807) is 0 Å². The van der Waals surface area contributed by atoms with Gasteiger partial charge in [-0.3, -0.25) is 0 Å². The SMILES string of the molecule is CC(C)Cc1ccc(C(C)CCCN)s1. The lowest BCUT2D eigenvalue weighted by Gasteiger charge is -2.07. The highest BCUT2D eigenvalue weighted by molar-refractivity contribution is 7.12. The third kappa shape index (κ3) is 4.35. The summed E-state index contributed by atoms with van der Waals surface area (Å²) in [6.45, 7) is 7.67. The highest BCUT2D eigenvalue weighted by atomic mass is 32.1. The lowest BCUT2D eigenvalue weighted by atomic mass is 10.0. The van der Waals surface area contributed by atoms with Crippen LogP contribution in [0.25, 0.3) is 0 Å². The van der Waals surface area contributed by atoms with Crippen molar-refractivity contribution < 1.29 is 0 Å². The highest BCUT2D eigenvalue weighted by Gasteiger charge is 2.08. The molecule has 0 aromatic carbocycles. The maximum Gasteiger partial charge on any atom is 0.00763 e. The third-order valence-electron chi connectivity index (χ3n) is 2.62. The minimum absolute atomic E-state index is 0.680. The van der Waals surface area contributed by atoms with Gasteiger partial charge >= 0.3 is 0 Å². The average molecular weight is 225 g/mol. The number of thiophene rings is 1. The second kappa shape index (κ2) is 6.29. The van der Waals surface area contributed by atoms with Crippen molar-refractivity contribution in [2.45, 2.75) is 46.0 Å². The summed E-state index contributed by atoms with van der Waals surface area (Å²) in [7, 11) is 0. The van der Waals surface area contributed by atoms with Crippen molar-refractivity contribution in [3.05, 3.63) is 21.9 Å². The van der Waals surface area contributed by atoms with E-state index in [1.165, 1.54) is 22.6 Å². The largest absolute Gasteiger partial charge is 0.330 e. The second-order valence-electron chi connectivity index (χ2n) is 4.73. The van der Waals surface area contributed by atoms with Gasteiger partial charge in [-0.2, -0.15) is 0 Å². The fraction of sp³-hybridized carbons (Fsp3) is 0.692. The Kier molecular flexibility index (Phi) is 5.34. The normalized spacial score (nSPS) is 13.4. The Balaban J connectivity index is 2.51. The number of hydrogen-bond donors (Lipinski definition) is 1. The molecule has 86 valence electrons. The Morgan fingerprint density at radius 2 is 2.00 bits per heavy atom. The Labute approximate surface area is 97.7 Å². The quantitative estimate of drug-likeness (QED) is 0.783. The first-order chi connectivity index (χ1) is 7.13. The minimum atomic E-state index is 0.680. The van der Waals surface area contributed by atoms with Crippen LogP contribution in [-0.4, -0.2) is 6.54 Å². The van der Waals surface area contributed by atoms with E-state index in [-0.39, 0.29) is 0 Å². The van der Waals surface area contributed by atoms with E-state index < -0.39 is 0 Å². The van der Waals surface area contributed by atoms with Crippen LogP contribution in [0, 0.1) is 5.92 Å². The number of hydrogen-bond acceptors (Lipinski definition) is 2. The molecule has 0 saturated heterocycles. The molecule has 0 aliphatic carbocycles. The van der Waals surface area contributed by atoms with Gasteiger partial charge in [0.1, 0.15) is 0 Å². The molecule has 0 saturated carbocycles. The van der Waals surface area contributed by atoms with Gasteiger partial charge in [-0.25, -0.2) is 0 Å². The van der Waals surface area contributed by atoms with E-state index in [4.69, 9.17) is 5.73 Å². The molecule has 1 atom stereocenters.